The fourth-order valence-corrected chi connectivity index (χ4v) is 5.18. The summed E-state index contributed by atoms with van der Waals surface area (Å²) in [5.74, 6) is 0.784. The van der Waals surface area contributed by atoms with Gasteiger partial charge in [0.1, 0.15) is 0 Å². The van der Waals surface area contributed by atoms with Crippen LogP contribution in [0, 0.1) is 0 Å². The third kappa shape index (κ3) is 5.67. The van der Waals surface area contributed by atoms with Gasteiger partial charge in [-0.15, -0.1) is 0 Å². The van der Waals surface area contributed by atoms with Gasteiger partial charge in [0.2, 0.25) is 10.0 Å². The quantitative estimate of drug-likeness (QED) is 0.564. The number of hydrogen-bond acceptors (Lipinski definition) is 4. The molecule has 1 aromatic carbocycles. The van der Waals surface area contributed by atoms with Crippen molar-refractivity contribution < 1.29 is 13.2 Å². The summed E-state index contributed by atoms with van der Waals surface area (Å²) in [6.07, 6.45) is 4.87. The number of morpholine rings is 1. The Hall–Kier alpha value is -1.64. The maximum absolute atomic E-state index is 12.7. The van der Waals surface area contributed by atoms with Crippen molar-refractivity contribution in [3.8, 4) is 0 Å². The molecule has 3 rings (SSSR count). The molecule has 1 aliphatic heterocycles. The van der Waals surface area contributed by atoms with E-state index in [9.17, 15) is 8.42 Å². The number of nitrogens with zero attached hydrogens (tertiary/aromatic N) is 2. The smallest absolute Gasteiger partial charge is 0.218 e. The first-order valence-corrected chi connectivity index (χ1v) is 11.3. The second kappa shape index (κ2) is 9.52. The molecule has 1 saturated carbocycles. The zero-order valence-corrected chi connectivity index (χ0v) is 16.8. The Bertz CT molecular complexity index is 739. The molecule has 0 spiro atoms. The van der Waals surface area contributed by atoms with E-state index in [0.29, 0.717) is 38.9 Å². The van der Waals surface area contributed by atoms with Crippen molar-refractivity contribution in [3.05, 3.63) is 35.4 Å². The lowest BCUT2D eigenvalue weighted by molar-refractivity contribution is 0.0729. The largest absolute Gasteiger partial charge is 0.379 e. The maximum Gasteiger partial charge on any atom is 0.218 e. The number of rotatable bonds is 6. The number of guanidine groups is 1. The predicted molar refractivity (Wildman–Crippen MR) is 107 cm³/mol. The molecular weight excluding hydrogens is 364 g/mol. The van der Waals surface area contributed by atoms with Crippen molar-refractivity contribution >= 4 is 16.0 Å². The van der Waals surface area contributed by atoms with Gasteiger partial charge in [0, 0.05) is 32.7 Å². The van der Waals surface area contributed by atoms with E-state index in [-0.39, 0.29) is 5.75 Å². The van der Waals surface area contributed by atoms with Gasteiger partial charge in [-0.05, 0) is 24.0 Å². The Kier molecular flexibility index (Phi) is 7.09. The third-order valence-electron chi connectivity index (χ3n) is 5.19. The van der Waals surface area contributed by atoms with Crippen molar-refractivity contribution in [3.63, 3.8) is 0 Å². The van der Waals surface area contributed by atoms with Crippen LogP contribution in [0.15, 0.2) is 29.3 Å². The summed E-state index contributed by atoms with van der Waals surface area (Å²) in [4.78, 5) is 4.30. The number of ether oxygens (including phenoxy) is 1. The van der Waals surface area contributed by atoms with Gasteiger partial charge in [0.15, 0.2) is 5.96 Å². The Morgan fingerprint density at radius 1 is 1.19 bits per heavy atom. The second-order valence-corrected chi connectivity index (χ2v) is 9.06. The Morgan fingerprint density at radius 2 is 1.85 bits per heavy atom. The number of aliphatic imine (C=N–C) groups is 1. The van der Waals surface area contributed by atoms with Crippen LogP contribution in [-0.4, -0.2) is 58.1 Å². The van der Waals surface area contributed by atoms with Crippen LogP contribution in [0.5, 0.6) is 0 Å². The molecule has 0 atom stereocenters. The highest BCUT2D eigenvalue weighted by Crippen LogP contribution is 2.18. The number of benzene rings is 1. The average Bonchev–Trinajstić information content (AvgIpc) is 3.20. The standard InChI is InChI=1S/C19H30N4O3S/c1-20-19(22-18-8-4-5-9-18)21-14-16-6-2-3-7-17(16)15-27(24,25)23-10-12-26-13-11-23/h2-3,6-7,18H,4-5,8-15H2,1H3,(H2,20,21,22). The lowest BCUT2D eigenvalue weighted by atomic mass is 10.1. The summed E-state index contributed by atoms with van der Waals surface area (Å²) in [6, 6.07) is 8.17. The van der Waals surface area contributed by atoms with Crippen LogP contribution in [0.25, 0.3) is 0 Å². The van der Waals surface area contributed by atoms with Gasteiger partial charge < -0.3 is 15.4 Å². The summed E-state index contributed by atoms with van der Waals surface area (Å²) in [5.41, 5.74) is 1.80. The molecule has 8 heteroatoms. The molecule has 0 radical (unpaired) electrons. The topological polar surface area (TPSA) is 83.0 Å². The van der Waals surface area contributed by atoms with E-state index in [2.05, 4.69) is 15.6 Å². The minimum Gasteiger partial charge on any atom is -0.379 e. The van der Waals surface area contributed by atoms with Crippen molar-refractivity contribution in [2.75, 3.05) is 33.4 Å². The highest BCUT2D eigenvalue weighted by atomic mass is 32.2. The molecule has 0 amide bonds. The van der Waals surface area contributed by atoms with Crippen LogP contribution < -0.4 is 10.6 Å². The third-order valence-corrected chi connectivity index (χ3v) is 7.01. The van der Waals surface area contributed by atoms with Crippen molar-refractivity contribution in [1.29, 1.82) is 0 Å². The molecule has 7 nitrogen and oxygen atoms in total. The monoisotopic (exact) mass is 394 g/mol. The fraction of sp³-hybridized carbons (Fsp3) is 0.632. The summed E-state index contributed by atoms with van der Waals surface area (Å²) >= 11 is 0. The minimum atomic E-state index is -3.34. The van der Waals surface area contributed by atoms with Crippen molar-refractivity contribution in [1.82, 2.24) is 14.9 Å². The maximum atomic E-state index is 12.7. The lowest BCUT2D eigenvalue weighted by Crippen LogP contribution is -2.42. The summed E-state index contributed by atoms with van der Waals surface area (Å²) in [6.45, 7) is 2.33. The first-order valence-electron chi connectivity index (χ1n) is 9.68. The normalized spacial score (nSPS) is 20.0. The van der Waals surface area contributed by atoms with E-state index in [0.717, 1.165) is 17.1 Å². The molecule has 0 unspecified atom stereocenters. The minimum absolute atomic E-state index is 0.0134. The fourth-order valence-electron chi connectivity index (χ4n) is 3.62. The number of nitrogens with one attached hydrogen (secondary N) is 2. The van der Waals surface area contributed by atoms with Gasteiger partial charge in [-0.2, -0.15) is 4.31 Å². The van der Waals surface area contributed by atoms with Gasteiger partial charge in [-0.3, -0.25) is 4.99 Å². The number of hydrogen-bond donors (Lipinski definition) is 2. The van der Waals surface area contributed by atoms with E-state index < -0.39 is 10.0 Å². The molecule has 27 heavy (non-hydrogen) atoms. The summed E-state index contributed by atoms with van der Waals surface area (Å²) in [7, 11) is -1.58. The van der Waals surface area contributed by atoms with Gasteiger partial charge >= 0.3 is 0 Å². The predicted octanol–water partition coefficient (Wildman–Crippen LogP) is 1.46. The molecule has 1 aromatic rings. The molecule has 2 N–H and O–H groups in total. The van der Waals surface area contributed by atoms with E-state index in [1.54, 1.807) is 7.05 Å². The lowest BCUT2D eigenvalue weighted by Gasteiger charge is -2.26. The van der Waals surface area contributed by atoms with Crippen LogP contribution in [0.2, 0.25) is 0 Å². The molecule has 2 fully saturated rings. The summed E-state index contributed by atoms with van der Waals surface area (Å²) < 4.78 is 32.3. The van der Waals surface area contributed by atoms with Crippen LogP contribution in [-0.2, 0) is 27.1 Å². The Morgan fingerprint density at radius 3 is 2.52 bits per heavy atom. The van der Waals surface area contributed by atoms with Crippen molar-refractivity contribution in [2.24, 2.45) is 4.99 Å². The van der Waals surface area contributed by atoms with E-state index in [1.807, 2.05) is 24.3 Å². The van der Waals surface area contributed by atoms with Gasteiger partial charge in [-0.1, -0.05) is 37.1 Å². The van der Waals surface area contributed by atoms with Crippen LogP contribution in [0.3, 0.4) is 0 Å². The number of sulfonamides is 1. The first kappa shape index (κ1) is 20.1. The van der Waals surface area contributed by atoms with Crippen LogP contribution >= 0.6 is 0 Å². The van der Waals surface area contributed by atoms with Crippen LogP contribution in [0.4, 0.5) is 0 Å². The van der Waals surface area contributed by atoms with E-state index >= 15 is 0 Å². The van der Waals surface area contributed by atoms with Gasteiger partial charge in [0.05, 0.1) is 19.0 Å². The summed E-state index contributed by atoms with van der Waals surface area (Å²) in [5, 5.41) is 6.78. The average molecular weight is 395 g/mol. The molecule has 1 aliphatic carbocycles. The van der Waals surface area contributed by atoms with Gasteiger partial charge in [-0.25, -0.2) is 8.42 Å². The molecular formula is C19H30N4O3S. The SMILES string of the molecule is CN=C(NCc1ccccc1CS(=O)(=O)N1CCOCC1)NC1CCCC1. The Balaban J connectivity index is 1.63. The molecule has 150 valence electrons. The highest BCUT2D eigenvalue weighted by Gasteiger charge is 2.25. The first-order chi connectivity index (χ1) is 13.1. The zero-order valence-electron chi connectivity index (χ0n) is 16.0. The molecule has 2 aliphatic rings. The van der Waals surface area contributed by atoms with Crippen LogP contribution in [0.1, 0.15) is 36.8 Å². The highest BCUT2D eigenvalue weighted by molar-refractivity contribution is 7.88. The zero-order chi connectivity index (χ0) is 19.1. The van der Waals surface area contributed by atoms with E-state index in [1.165, 1.54) is 30.0 Å². The second-order valence-electron chi connectivity index (χ2n) is 7.09. The van der Waals surface area contributed by atoms with Gasteiger partial charge in [0.25, 0.3) is 0 Å². The van der Waals surface area contributed by atoms with Crippen molar-refractivity contribution in [2.45, 2.75) is 44.0 Å². The molecule has 1 heterocycles. The van der Waals surface area contributed by atoms with E-state index in [4.69, 9.17) is 4.74 Å². The molecule has 0 aromatic heterocycles. The molecule has 0 bridgehead atoms. The molecule has 1 saturated heterocycles. The Labute approximate surface area is 162 Å².